The van der Waals surface area contributed by atoms with Crippen LogP contribution in [-0.4, -0.2) is 57.0 Å². The van der Waals surface area contributed by atoms with Crippen molar-refractivity contribution in [2.75, 3.05) is 13.2 Å². The average Bonchev–Trinajstić information content (AvgIpc) is 3.40. The maximum absolute atomic E-state index is 13.9. The van der Waals surface area contributed by atoms with Gasteiger partial charge in [-0.25, -0.2) is 10.1 Å². The monoisotopic (exact) mass is 587 g/mol. The van der Waals surface area contributed by atoms with E-state index in [4.69, 9.17) is 16.2 Å². The lowest BCUT2D eigenvalue weighted by Crippen LogP contribution is -2.48. The lowest BCUT2D eigenvalue weighted by atomic mass is 10.1. The van der Waals surface area contributed by atoms with Crippen LogP contribution in [0.1, 0.15) is 34.5 Å². The van der Waals surface area contributed by atoms with Crippen LogP contribution in [0.5, 0.6) is 11.5 Å². The molecule has 4 aromatic rings. The molecule has 13 heteroatoms. The number of phenolic OH excluding ortho intramolecular Hbond substituents is 1. The van der Waals surface area contributed by atoms with E-state index in [1.807, 2.05) is 48.5 Å². The molecule has 4 rings (SSSR count). The highest BCUT2D eigenvalue weighted by molar-refractivity contribution is 6.00. The maximum atomic E-state index is 13.9. The number of aromatic amines is 1. The third kappa shape index (κ3) is 8.70. The normalized spacial score (nSPS) is 12.0. The molecule has 0 unspecified atom stereocenters. The van der Waals surface area contributed by atoms with Crippen LogP contribution >= 0.6 is 0 Å². The van der Waals surface area contributed by atoms with E-state index in [0.717, 1.165) is 11.8 Å². The Morgan fingerprint density at radius 1 is 1.05 bits per heavy atom. The van der Waals surface area contributed by atoms with E-state index >= 15 is 0 Å². The first-order valence-electron chi connectivity index (χ1n) is 13.6. The van der Waals surface area contributed by atoms with Gasteiger partial charge in [-0.1, -0.05) is 42.5 Å². The summed E-state index contributed by atoms with van der Waals surface area (Å²) in [6.45, 7) is 0.687. The van der Waals surface area contributed by atoms with Gasteiger partial charge in [-0.15, -0.1) is 0 Å². The molecule has 0 aliphatic heterocycles. The lowest BCUT2D eigenvalue weighted by molar-refractivity contribution is -0.485. The van der Waals surface area contributed by atoms with Crippen molar-refractivity contribution in [2.24, 2.45) is 16.6 Å². The molecule has 1 heterocycles. The molecular formula is C30H33N7O6. The van der Waals surface area contributed by atoms with E-state index < -0.39 is 22.9 Å². The van der Waals surface area contributed by atoms with Gasteiger partial charge in [0.1, 0.15) is 28.3 Å². The van der Waals surface area contributed by atoms with Gasteiger partial charge < -0.3 is 36.5 Å². The number of aromatic nitrogens is 1. The predicted octanol–water partition coefficient (Wildman–Crippen LogP) is 2.87. The highest BCUT2D eigenvalue weighted by Gasteiger charge is 2.30. The topological polar surface area (TPSA) is 202 Å². The SMILES string of the molecule is NC(=O)[C@@H](CCCNC(N)=N[N+](=O)[O-])N(Cc1ccc(O)cc1)C(=O)c1cc2cc(OCCc3ccccc3)ccc2[nH]1. The highest BCUT2D eigenvalue weighted by Crippen LogP contribution is 2.25. The molecule has 3 aromatic carbocycles. The van der Waals surface area contributed by atoms with E-state index in [2.05, 4.69) is 15.4 Å². The fourth-order valence-electron chi connectivity index (χ4n) is 4.61. The molecule has 0 spiro atoms. The van der Waals surface area contributed by atoms with Crippen molar-refractivity contribution in [1.82, 2.24) is 15.2 Å². The van der Waals surface area contributed by atoms with Crippen molar-refractivity contribution < 1.29 is 24.5 Å². The van der Waals surface area contributed by atoms with Crippen LogP contribution in [0.2, 0.25) is 0 Å². The van der Waals surface area contributed by atoms with Gasteiger partial charge in [0.2, 0.25) is 5.91 Å². The number of nitro groups is 1. The number of guanidine groups is 1. The second kappa shape index (κ2) is 14.3. The molecule has 0 saturated heterocycles. The van der Waals surface area contributed by atoms with Gasteiger partial charge in [-0.3, -0.25) is 9.59 Å². The Kier molecular flexibility index (Phi) is 10.1. The van der Waals surface area contributed by atoms with E-state index in [1.165, 1.54) is 22.6 Å². The van der Waals surface area contributed by atoms with Gasteiger partial charge >= 0.3 is 0 Å². The number of primary amides is 1. The van der Waals surface area contributed by atoms with Crippen molar-refractivity contribution in [3.8, 4) is 11.5 Å². The summed E-state index contributed by atoms with van der Waals surface area (Å²) in [6.07, 6.45) is 1.20. The molecule has 0 aliphatic carbocycles. The summed E-state index contributed by atoms with van der Waals surface area (Å²) < 4.78 is 5.94. The largest absolute Gasteiger partial charge is 0.508 e. The summed E-state index contributed by atoms with van der Waals surface area (Å²) in [4.78, 5) is 41.5. The van der Waals surface area contributed by atoms with Gasteiger partial charge in [0, 0.05) is 30.4 Å². The first-order chi connectivity index (χ1) is 20.7. The molecule has 43 heavy (non-hydrogen) atoms. The third-order valence-electron chi connectivity index (χ3n) is 6.73. The number of ether oxygens (including phenoxy) is 1. The Hall–Kier alpha value is -5.59. The number of amides is 2. The number of carbonyl (C=O) groups is 2. The summed E-state index contributed by atoms with van der Waals surface area (Å²) >= 11 is 0. The van der Waals surface area contributed by atoms with Crippen LogP contribution in [-0.2, 0) is 17.8 Å². The number of carbonyl (C=O) groups excluding carboxylic acids is 2. The number of hydrogen-bond acceptors (Lipinski definition) is 6. The smallest absolute Gasteiger partial charge is 0.271 e. The van der Waals surface area contributed by atoms with Crippen molar-refractivity contribution in [3.05, 3.63) is 106 Å². The van der Waals surface area contributed by atoms with Gasteiger partial charge in [0.15, 0.2) is 5.03 Å². The van der Waals surface area contributed by atoms with Crippen LogP contribution in [0.15, 0.2) is 84.0 Å². The van der Waals surface area contributed by atoms with Crippen molar-refractivity contribution >= 4 is 28.7 Å². The van der Waals surface area contributed by atoms with E-state index in [9.17, 15) is 24.8 Å². The Labute approximate surface area is 247 Å². The molecule has 0 fully saturated rings. The summed E-state index contributed by atoms with van der Waals surface area (Å²) in [7, 11) is 0. The molecular weight excluding hydrogens is 554 g/mol. The number of H-pyrrole nitrogens is 1. The number of phenols is 1. The molecule has 0 saturated carbocycles. The van der Waals surface area contributed by atoms with E-state index in [1.54, 1.807) is 18.2 Å². The highest BCUT2D eigenvalue weighted by atomic mass is 16.7. The number of hydrogen-bond donors (Lipinski definition) is 5. The Balaban J connectivity index is 1.51. The minimum atomic E-state index is -1.01. The van der Waals surface area contributed by atoms with Crippen molar-refractivity contribution in [2.45, 2.75) is 31.8 Å². The van der Waals surface area contributed by atoms with E-state index in [0.29, 0.717) is 29.9 Å². The minimum Gasteiger partial charge on any atom is -0.508 e. The quantitative estimate of drug-likeness (QED) is 0.0487. The maximum Gasteiger partial charge on any atom is 0.271 e. The number of aromatic hydroxyl groups is 1. The number of benzene rings is 3. The van der Waals surface area contributed by atoms with Gasteiger partial charge in [-0.05, 0) is 60.4 Å². The number of nitrogens with two attached hydrogens (primary N) is 2. The number of hydrazone groups is 1. The first kappa shape index (κ1) is 30.4. The molecule has 0 bridgehead atoms. The predicted molar refractivity (Wildman–Crippen MR) is 161 cm³/mol. The molecule has 7 N–H and O–H groups in total. The third-order valence-corrected chi connectivity index (χ3v) is 6.73. The Morgan fingerprint density at radius 2 is 1.79 bits per heavy atom. The summed E-state index contributed by atoms with van der Waals surface area (Å²) in [5.74, 6) is -0.833. The molecule has 1 atom stereocenters. The van der Waals surface area contributed by atoms with E-state index in [-0.39, 0.29) is 36.9 Å². The van der Waals surface area contributed by atoms with Crippen molar-refractivity contribution in [3.63, 3.8) is 0 Å². The second-order valence-electron chi connectivity index (χ2n) is 9.83. The molecule has 0 radical (unpaired) electrons. The molecule has 2 amide bonds. The summed E-state index contributed by atoms with van der Waals surface area (Å²) in [5, 5.41) is 25.6. The van der Waals surface area contributed by atoms with Crippen LogP contribution in [0.4, 0.5) is 0 Å². The van der Waals surface area contributed by atoms with Gasteiger partial charge in [-0.2, -0.15) is 0 Å². The minimum absolute atomic E-state index is 0.0360. The van der Waals surface area contributed by atoms with Gasteiger partial charge in [0.05, 0.1) is 6.61 Å². The number of rotatable bonds is 14. The Morgan fingerprint density at radius 3 is 2.49 bits per heavy atom. The summed E-state index contributed by atoms with van der Waals surface area (Å²) in [5.41, 5.74) is 14.0. The number of fused-ring (bicyclic) bond motifs is 1. The molecule has 1 aromatic heterocycles. The standard InChI is InChI=1S/C30H33N7O6/c31-28(39)27(7-4-15-33-30(32)35-37(41)42)36(19-21-8-10-23(38)11-9-21)29(40)26-18-22-17-24(12-13-25(22)34-26)43-16-14-20-5-2-1-3-6-20/h1-3,5-6,8-13,17-18,27,34,38H,4,7,14-16,19H2,(H2,31,39)(H3,32,33,35)/t27-/m1/s1. The van der Waals surface area contributed by atoms with Crippen molar-refractivity contribution in [1.29, 1.82) is 0 Å². The number of nitrogens with one attached hydrogen (secondary N) is 2. The molecule has 13 nitrogen and oxygen atoms in total. The molecule has 224 valence electrons. The zero-order chi connectivity index (χ0) is 30.8. The summed E-state index contributed by atoms with van der Waals surface area (Å²) in [6, 6.07) is 22.4. The fraction of sp³-hybridized carbons (Fsp3) is 0.233. The zero-order valence-corrected chi connectivity index (χ0v) is 23.3. The first-order valence-corrected chi connectivity index (χ1v) is 13.6. The van der Waals surface area contributed by atoms with Crippen LogP contribution in [0.3, 0.4) is 0 Å². The average molecular weight is 588 g/mol. The van der Waals surface area contributed by atoms with Gasteiger partial charge in [0.25, 0.3) is 11.9 Å². The van der Waals surface area contributed by atoms with Crippen LogP contribution < -0.4 is 21.5 Å². The Bertz CT molecular complexity index is 1590. The lowest BCUT2D eigenvalue weighted by Gasteiger charge is -2.30. The fourth-order valence-corrected chi connectivity index (χ4v) is 4.61. The van der Waals surface area contributed by atoms with Crippen LogP contribution in [0.25, 0.3) is 10.9 Å². The zero-order valence-electron chi connectivity index (χ0n) is 23.3. The molecule has 0 aliphatic rings. The number of nitrogens with zero attached hydrogens (tertiary/aromatic N) is 3. The van der Waals surface area contributed by atoms with Crippen LogP contribution in [0, 0.1) is 10.1 Å². The second-order valence-corrected chi connectivity index (χ2v) is 9.83.